The van der Waals surface area contributed by atoms with Gasteiger partial charge in [0.15, 0.2) is 6.61 Å². The van der Waals surface area contributed by atoms with Crippen LogP contribution in [0.25, 0.3) is 0 Å². The van der Waals surface area contributed by atoms with Crippen molar-refractivity contribution >= 4 is 40.6 Å². The van der Waals surface area contributed by atoms with Gasteiger partial charge in [-0.05, 0) is 24.3 Å². The van der Waals surface area contributed by atoms with Crippen LogP contribution in [0.15, 0.2) is 60.8 Å². The van der Waals surface area contributed by atoms with Crippen LogP contribution in [0, 0.1) is 0 Å². The molecule has 2 aromatic carbocycles. The molecule has 1 heterocycles. The van der Waals surface area contributed by atoms with Gasteiger partial charge in [-0.1, -0.05) is 24.3 Å². The number of ether oxygens (including phenoxy) is 1. The zero-order chi connectivity index (χ0) is 23.3. The second kappa shape index (κ2) is 9.33. The van der Waals surface area contributed by atoms with Gasteiger partial charge in [0.05, 0.1) is 22.6 Å². The summed E-state index contributed by atoms with van der Waals surface area (Å²) in [5, 5.41) is 5.05. The van der Waals surface area contributed by atoms with E-state index in [-0.39, 0.29) is 23.9 Å². The molecule has 0 atom stereocenters. The Labute approximate surface area is 179 Å². The van der Waals surface area contributed by atoms with Gasteiger partial charge in [-0.3, -0.25) is 19.3 Å². The number of halogens is 3. The Morgan fingerprint density at radius 2 is 1.78 bits per heavy atom. The van der Waals surface area contributed by atoms with Crippen LogP contribution < -0.4 is 15.5 Å². The molecule has 0 aliphatic carbocycles. The van der Waals surface area contributed by atoms with E-state index in [9.17, 15) is 32.3 Å². The van der Waals surface area contributed by atoms with E-state index in [0.29, 0.717) is 11.4 Å². The molecule has 2 N–H and O–H groups in total. The number of nitrogens with zero attached hydrogens (tertiary/aromatic N) is 1. The van der Waals surface area contributed by atoms with Crippen molar-refractivity contribution in [3.8, 4) is 0 Å². The fraction of sp³-hybridized carbons (Fsp3) is 0.143. The highest BCUT2D eigenvalue weighted by molar-refractivity contribution is 6.10. The monoisotopic (exact) mass is 447 g/mol. The predicted octanol–water partition coefficient (Wildman–Crippen LogP) is 2.89. The molecule has 11 heteroatoms. The van der Waals surface area contributed by atoms with Gasteiger partial charge in [-0.2, -0.15) is 13.2 Å². The van der Waals surface area contributed by atoms with E-state index in [4.69, 9.17) is 4.74 Å². The molecule has 0 saturated heterocycles. The number of para-hydroxylation sites is 3. The molecular weight excluding hydrogens is 431 g/mol. The minimum absolute atomic E-state index is 0.0683. The lowest BCUT2D eigenvalue weighted by molar-refractivity contribution is -0.165. The van der Waals surface area contributed by atoms with Crippen LogP contribution in [-0.2, 0) is 19.1 Å². The molecule has 0 aromatic heterocycles. The molecule has 2 aromatic rings. The summed E-state index contributed by atoms with van der Waals surface area (Å²) in [7, 11) is 0. The molecule has 0 bridgehead atoms. The summed E-state index contributed by atoms with van der Waals surface area (Å²) in [6, 6.07) is 12.3. The Balaban J connectivity index is 1.66. The summed E-state index contributed by atoms with van der Waals surface area (Å²) in [4.78, 5) is 48.9. The summed E-state index contributed by atoms with van der Waals surface area (Å²) in [5.74, 6) is -4.03. The van der Waals surface area contributed by atoms with Gasteiger partial charge < -0.3 is 15.4 Å². The molecule has 166 valence electrons. The van der Waals surface area contributed by atoms with E-state index >= 15 is 0 Å². The minimum atomic E-state index is -5.01. The zero-order valence-corrected chi connectivity index (χ0v) is 16.3. The first-order valence-electron chi connectivity index (χ1n) is 9.16. The van der Waals surface area contributed by atoms with Crippen molar-refractivity contribution in [1.82, 2.24) is 0 Å². The number of anilines is 3. The first-order chi connectivity index (χ1) is 15.2. The zero-order valence-electron chi connectivity index (χ0n) is 16.3. The average Bonchev–Trinajstić information content (AvgIpc) is 2.76. The number of carbonyl (C=O) groups excluding carboxylic acids is 4. The topological polar surface area (TPSA) is 105 Å². The molecule has 0 saturated carbocycles. The number of nitrogens with one attached hydrogen (secondary N) is 2. The Hall–Kier alpha value is -4.15. The number of esters is 1. The van der Waals surface area contributed by atoms with E-state index in [2.05, 4.69) is 10.6 Å². The van der Waals surface area contributed by atoms with Crippen molar-refractivity contribution in [2.24, 2.45) is 0 Å². The van der Waals surface area contributed by atoms with E-state index < -0.39 is 36.4 Å². The molecule has 1 aliphatic rings. The van der Waals surface area contributed by atoms with Crippen LogP contribution in [0.4, 0.5) is 30.2 Å². The van der Waals surface area contributed by atoms with E-state index in [1.54, 1.807) is 24.3 Å². The van der Waals surface area contributed by atoms with Gasteiger partial charge >= 0.3 is 12.1 Å². The first kappa shape index (κ1) is 22.5. The highest BCUT2D eigenvalue weighted by Gasteiger charge is 2.36. The molecule has 32 heavy (non-hydrogen) atoms. The quantitative estimate of drug-likeness (QED) is 0.521. The third-order valence-corrected chi connectivity index (χ3v) is 4.30. The van der Waals surface area contributed by atoms with E-state index in [1.807, 2.05) is 0 Å². The molecular formula is C21H16F3N3O5. The number of alkyl halides is 3. The predicted molar refractivity (Wildman–Crippen MR) is 108 cm³/mol. The number of ketones is 1. The molecule has 0 spiro atoms. The number of rotatable bonds is 6. The van der Waals surface area contributed by atoms with Gasteiger partial charge in [0.2, 0.25) is 5.91 Å². The van der Waals surface area contributed by atoms with Crippen molar-refractivity contribution < 1.29 is 37.1 Å². The van der Waals surface area contributed by atoms with Crippen molar-refractivity contribution in [2.75, 3.05) is 28.7 Å². The molecule has 0 fully saturated rings. The SMILES string of the molecule is O=C1CN(C(=O)COC(=O)c2ccccc2NC=CC(=O)C(F)(F)F)c2ccccc2N1. The highest BCUT2D eigenvalue weighted by atomic mass is 19.4. The normalized spacial score (nSPS) is 13.3. The van der Waals surface area contributed by atoms with Crippen LogP contribution in [0.2, 0.25) is 0 Å². The smallest absolute Gasteiger partial charge is 0.452 e. The number of fused-ring (bicyclic) bond motifs is 1. The first-order valence-corrected chi connectivity index (χ1v) is 9.16. The maximum absolute atomic E-state index is 12.6. The largest absolute Gasteiger partial charge is 0.454 e. The Kier molecular flexibility index (Phi) is 6.57. The third-order valence-electron chi connectivity index (χ3n) is 4.30. The fourth-order valence-electron chi connectivity index (χ4n) is 2.83. The standard InChI is InChI=1S/C21H16F3N3O5/c22-21(23,24)17(28)9-10-25-14-6-2-1-5-13(14)20(31)32-12-19(30)27-11-18(29)26-15-7-3-4-8-16(15)27/h1-10,25H,11-12H2,(H,26,29). The number of hydrogen-bond donors (Lipinski definition) is 2. The fourth-order valence-corrected chi connectivity index (χ4v) is 2.83. The molecule has 2 amide bonds. The number of carbonyl (C=O) groups is 4. The van der Waals surface area contributed by atoms with Crippen LogP contribution in [0.5, 0.6) is 0 Å². The molecule has 0 unspecified atom stereocenters. The Morgan fingerprint density at radius 1 is 1.09 bits per heavy atom. The van der Waals surface area contributed by atoms with Gasteiger partial charge in [-0.25, -0.2) is 4.79 Å². The molecule has 1 aliphatic heterocycles. The van der Waals surface area contributed by atoms with Crippen LogP contribution in [0.3, 0.4) is 0 Å². The summed E-state index contributed by atoms with van der Waals surface area (Å²) >= 11 is 0. The average molecular weight is 447 g/mol. The van der Waals surface area contributed by atoms with Crippen molar-refractivity contribution in [1.29, 1.82) is 0 Å². The lowest BCUT2D eigenvalue weighted by Crippen LogP contribution is -2.44. The Bertz CT molecular complexity index is 1100. The maximum Gasteiger partial charge on any atom is 0.454 e. The van der Waals surface area contributed by atoms with E-state index in [1.165, 1.54) is 29.2 Å². The van der Waals surface area contributed by atoms with Gasteiger partial charge in [0, 0.05) is 12.3 Å². The minimum Gasteiger partial charge on any atom is -0.452 e. The molecule has 0 radical (unpaired) electrons. The summed E-state index contributed by atoms with van der Waals surface area (Å²) in [5.41, 5.74) is 0.896. The number of benzene rings is 2. The van der Waals surface area contributed by atoms with Crippen molar-refractivity contribution in [2.45, 2.75) is 6.18 Å². The summed E-state index contributed by atoms with van der Waals surface area (Å²) in [6.07, 6.45) is -3.98. The van der Waals surface area contributed by atoms with Gasteiger partial charge in [0.1, 0.15) is 6.54 Å². The molecule has 3 rings (SSSR count). The van der Waals surface area contributed by atoms with Gasteiger partial charge in [0.25, 0.3) is 11.7 Å². The number of allylic oxidation sites excluding steroid dienone is 1. The van der Waals surface area contributed by atoms with E-state index in [0.717, 1.165) is 6.20 Å². The second-order valence-corrected chi connectivity index (χ2v) is 6.51. The maximum atomic E-state index is 12.6. The van der Waals surface area contributed by atoms with Crippen molar-refractivity contribution in [3.63, 3.8) is 0 Å². The van der Waals surface area contributed by atoms with Crippen LogP contribution in [-0.4, -0.2) is 42.9 Å². The summed E-state index contributed by atoms with van der Waals surface area (Å²) < 4.78 is 41.8. The second-order valence-electron chi connectivity index (χ2n) is 6.51. The Morgan fingerprint density at radius 3 is 2.53 bits per heavy atom. The lowest BCUT2D eigenvalue weighted by Gasteiger charge is -2.28. The van der Waals surface area contributed by atoms with Gasteiger partial charge in [-0.15, -0.1) is 0 Å². The third kappa shape index (κ3) is 5.31. The molecule has 8 nitrogen and oxygen atoms in total. The van der Waals surface area contributed by atoms with Crippen molar-refractivity contribution in [3.05, 3.63) is 66.4 Å². The number of amides is 2. The lowest BCUT2D eigenvalue weighted by atomic mass is 10.2. The highest BCUT2D eigenvalue weighted by Crippen LogP contribution is 2.29. The van der Waals surface area contributed by atoms with Crippen LogP contribution in [0.1, 0.15) is 10.4 Å². The number of hydrogen-bond acceptors (Lipinski definition) is 6. The summed E-state index contributed by atoms with van der Waals surface area (Å²) in [6.45, 7) is -0.916. The van der Waals surface area contributed by atoms with Crippen LogP contribution >= 0.6 is 0 Å².